The van der Waals surface area contributed by atoms with Gasteiger partial charge in [-0.25, -0.2) is 0 Å². The first-order valence-electron chi connectivity index (χ1n) is 8.01. The van der Waals surface area contributed by atoms with Crippen molar-refractivity contribution in [1.29, 1.82) is 0 Å². The van der Waals surface area contributed by atoms with E-state index in [1.54, 1.807) is 0 Å². The number of fused-ring (bicyclic) bond motifs is 3. The van der Waals surface area contributed by atoms with Gasteiger partial charge in [0.2, 0.25) is 0 Å². The molecule has 0 heteroatoms. The molecule has 0 atom stereocenters. The molecule has 4 rings (SSSR count). The Hall–Kier alpha value is -2.34. The monoisotopic (exact) mass is 284 g/mol. The SMILES string of the molecule is CC(C)C1(c2ccccc2)c2ccccc2-c2ccccc21. The molecule has 0 saturated carbocycles. The zero-order valence-electron chi connectivity index (χ0n) is 13.1. The van der Waals surface area contributed by atoms with E-state index in [0.717, 1.165) is 0 Å². The van der Waals surface area contributed by atoms with Crippen molar-refractivity contribution in [2.45, 2.75) is 19.3 Å². The molecule has 3 aromatic rings. The van der Waals surface area contributed by atoms with Crippen LogP contribution in [0, 0.1) is 5.92 Å². The average molecular weight is 284 g/mol. The van der Waals surface area contributed by atoms with Gasteiger partial charge in [0.25, 0.3) is 0 Å². The van der Waals surface area contributed by atoms with E-state index in [0.29, 0.717) is 5.92 Å². The van der Waals surface area contributed by atoms with Gasteiger partial charge < -0.3 is 0 Å². The van der Waals surface area contributed by atoms with Crippen molar-refractivity contribution in [3.8, 4) is 11.1 Å². The lowest BCUT2D eigenvalue weighted by Crippen LogP contribution is -2.33. The molecule has 0 aliphatic heterocycles. The van der Waals surface area contributed by atoms with Crippen LogP contribution in [0.1, 0.15) is 30.5 Å². The molecule has 108 valence electrons. The molecule has 1 aliphatic rings. The maximum absolute atomic E-state index is 2.34. The molecule has 0 fully saturated rings. The quantitative estimate of drug-likeness (QED) is 0.570. The van der Waals surface area contributed by atoms with Crippen molar-refractivity contribution < 1.29 is 0 Å². The van der Waals surface area contributed by atoms with Crippen LogP contribution in [0.4, 0.5) is 0 Å². The molecule has 3 aromatic carbocycles. The van der Waals surface area contributed by atoms with Crippen molar-refractivity contribution >= 4 is 0 Å². The third-order valence-electron chi connectivity index (χ3n) is 5.09. The lowest BCUT2D eigenvalue weighted by atomic mass is 9.65. The predicted molar refractivity (Wildman–Crippen MR) is 93.0 cm³/mol. The molecule has 0 unspecified atom stereocenters. The Morgan fingerprint density at radius 1 is 0.591 bits per heavy atom. The highest BCUT2D eigenvalue weighted by atomic mass is 14.5. The van der Waals surface area contributed by atoms with Gasteiger partial charge in [-0.1, -0.05) is 92.7 Å². The fraction of sp³-hybridized carbons (Fsp3) is 0.182. The summed E-state index contributed by atoms with van der Waals surface area (Å²) in [5.74, 6) is 0.486. The summed E-state index contributed by atoms with van der Waals surface area (Å²) in [6.07, 6.45) is 0. The van der Waals surface area contributed by atoms with Crippen molar-refractivity contribution in [3.05, 3.63) is 95.6 Å². The van der Waals surface area contributed by atoms with Crippen LogP contribution < -0.4 is 0 Å². The fourth-order valence-electron chi connectivity index (χ4n) is 4.24. The van der Waals surface area contributed by atoms with Gasteiger partial charge in [-0.3, -0.25) is 0 Å². The largest absolute Gasteiger partial charge is 0.0622 e. The average Bonchev–Trinajstić information content (AvgIpc) is 2.87. The van der Waals surface area contributed by atoms with Gasteiger partial charge >= 0.3 is 0 Å². The van der Waals surface area contributed by atoms with Crippen molar-refractivity contribution in [1.82, 2.24) is 0 Å². The summed E-state index contributed by atoms with van der Waals surface area (Å²) < 4.78 is 0. The van der Waals surface area contributed by atoms with Crippen LogP contribution in [0.2, 0.25) is 0 Å². The Morgan fingerprint density at radius 3 is 1.55 bits per heavy atom. The van der Waals surface area contributed by atoms with Gasteiger partial charge in [-0.2, -0.15) is 0 Å². The number of rotatable bonds is 2. The van der Waals surface area contributed by atoms with E-state index in [1.807, 2.05) is 0 Å². The Morgan fingerprint density at radius 2 is 1.05 bits per heavy atom. The molecule has 0 aromatic heterocycles. The lowest BCUT2D eigenvalue weighted by molar-refractivity contribution is 0.447. The zero-order chi connectivity index (χ0) is 15.2. The second-order valence-electron chi connectivity index (χ2n) is 6.42. The Labute approximate surface area is 132 Å². The normalized spacial score (nSPS) is 14.7. The third kappa shape index (κ3) is 1.58. The lowest BCUT2D eigenvalue weighted by Gasteiger charge is -2.37. The van der Waals surface area contributed by atoms with E-state index < -0.39 is 0 Å². The minimum Gasteiger partial charge on any atom is -0.0622 e. The summed E-state index contributed by atoms with van der Waals surface area (Å²) >= 11 is 0. The summed E-state index contributed by atoms with van der Waals surface area (Å²) in [5.41, 5.74) is 7.00. The molecule has 0 nitrogen and oxygen atoms in total. The minimum atomic E-state index is -0.0472. The molecule has 0 spiro atoms. The van der Waals surface area contributed by atoms with Crippen LogP contribution in [0.15, 0.2) is 78.9 Å². The highest BCUT2D eigenvalue weighted by molar-refractivity contribution is 5.83. The van der Waals surface area contributed by atoms with E-state index >= 15 is 0 Å². The summed E-state index contributed by atoms with van der Waals surface area (Å²) in [5, 5.41) is 0. The van der Waals surface area contributed by atoms with Gasteiger partial charge in [0.05, 0.1) is 0 Å². The number of benzene rings is 3. The zero-order valence-corrected chi connectivity index (χ0v) is 13.1. The molecular formula is C22H20. The summed E-state index contributed by atoms with van der Waals surface area (Å²) in [6, 6.07) is 28.8. The second kappa shape index (κ2) is 4.84. The molecule has 22 heavy (non-hydrogen) atoms. The standard InChI is InChI=1S/C22H20/c1-16(2)22(17-10-4-3-5-11-17)20-14-8-6-12-18(20)19-13-7-9-15-21(19)22/h3-16H,1-2H3. The smallest absolute Gasteiger partial charge is 0.0486 e. The Balaban J connectivity index is 2.15. The maximum atomic E-state index is 2.34. The first-order chi connectivity index (χ1) is 10.8. The van der Waals surface area contributed by atoms with Gasteiger partial charge in [-0.05, 0) is 33.7 Å². The van der Waals surface area contributed by atoms with E-state index in [1.165, 1.54) is 27.8 Å². The predicted octanol–water partition coefficient (Wildman–Crippen LogP) is 5.66. The van der Waals surface area contributed by atoms with E-state index in [9.17, 15) is 0 Å². The van der Waals surface area contributed by atoms with Gasteiger partial charge in [0.15, 0.2) is 0 Å². The fourth-order valence-corrected chi connectivity index (χ4v) is 4.24. The Kier molecular flexibility index (Phi) is 2.94. The molecule has 1 aliphatic carbocycles. The molecule has 0 amide bonds. The molecular weight excluding hydrogens is 264 g/mol. The van der Waals surface area contributed by atoms with Gasteiger partial charge in [0.1, 0.15) is 0 Å². The molecule has 0 saturated heterocycles. The van der Waals surface area contributed by atoms with E-state index in [2.05, 4.69) is 92.7 Å². The van der Waals surface area contributed by atoms with Gasteiger partial charge in [0, 0.05) is 5.41 Å². The molecule has 0 N–H and O–H groups in total. The minimum absolute atomic E-state index is 0.0472. The van der Waals surface area contributed by atoms with Crippen molar-refractivity contribution in [2.24, 2.45) is 5.92 Å². The topological polar surface area (TPSA) is 0 Å². The molecule has 0 heterocycles. The van der Waals surface area contributed by atoms with Crippen LogP contribution in [0.3, 0.4) is 0 Å². The number of hydrogen-bond acceptors (Lipinski definition) is 0. The van der Waals surface area contributed by atoms with Crippen LogP contribution in [-0.4, -0.2) is 0 Å². The third-order valence-corrected chi connectivity index (χ3v) is 5.09. The summed E-state index contributed by atoms with van der Waals surface area (Å²) in [4.78, 5) is 0. The molecule has 0 bridgehead atoms. The van der Waals surface area contributed by atoms with Crippen LogP contribution >= 0.6 is 0 Å². The van der Waals surface area contributed by atoms with Crippen LogP contribution in [0.25, 0.3) is 11.1 Å². The van der Waals surface area contributed by atoms with Crippen LogP contribution in [0.5, 0.6) is 0 Å². The van der Waals surface area contributed by atoms with Crippen molar-refractivity contribution in [3.63, 3.8) is 0 Å². The Bertz CT molecular complexity index is 767. The summed E-state index contributed by atoms with van der Waals surface area (Å²) in [6.45, 7) is 4.68. The van der Waals surface area contributed by atoms with Crippen LogP contribution in [-0.2, 0) is 5.41 Å². The van der Waals surface area contributed by atoms with Crippen molar-refractivity contribution in [2.75, 3.05) is 0 Å². The van der Waals surface area contributed by atoms with E-state index in [4.69, 9.17) is 0 Å². The summed E-state index contributed by atoms with van der Waals surface area (Å²) in [7, 11) is 0. The van der Waals surface area contributed by atoms with E-state index in [-0.39, 0.29) is 5.41 Å². The molecule has 0 radical (unpaired) electrons. The first-order valence-corrected chi connectivity index (χ1v) is 8.01. The maximum Gasteiger partial charge on any atom is 0.0486 e. The van der Waals surface area contributed by atoms with Gasteiger partial charge in [-0.15, -0.1) is 0 Å². The number of hydrogen-bond donors (Lipinski definition) is 0. The highest BCUT2D eigenvalue weighted by Crippen LogP contribution is 2.55. The second-order valence-corrected chi connectivity index (χ2v) is 6.42. The first kappa shape index (κ1) is 13.3. The highest BCUT2D eigenvalue weighted by Gasteiger charge is 2.46.